The number of halogens is 1. The number of ether oxygens (including phenoxy) is 1. The van der Waals surface area contributed by atoms with E-state index < -0.39 is 5.97 Å². The molecule has 0 fully saturated rings. The molecule has 0 aliphatic heterocycles. The topological polar surface area (TPSA) is 46.5 Å². The Morgan fingerprint density at radius 3 is 2.43 bits per heavy atom. The van der Waals surface area contributed by atoms with Gasteiger partial charge in [0.2, 0.25) is 0 Å². The largest absolute Gasteiger partial charge is 0.489 e. The highest BCUT2D eigenvalue weighted by Gasteiger charge is 2.10. The zero-order valence-electron chi connectivity index (χ0n) is 14.9. The monoisotopic (exact) mass is 388 g/mol. The molecule has 0 saturated carbocycles. The van der Waals surface area contributed by atoms with Crippen LogP contribution in [0.1, 0.15) is 15.9 Å². The molecule has 0 heterocycles. The van der Waals surface area contributed by atoms with E-state index in [9.17, 15) is 9.90 Å². The standard InChI is InChI=1S/C24H17ClO3/c25-23-11-9-20(14-22(23)24(26)27)18-7-3-4-16(12-18)15-28-21-10-8-17-5-1-2-6-19(17)13-21/h1-14H,15H2,(H,26,27). The number of carbonyl (C=O) groups is 1. The van der Waals surface area contributed by atoms with Crippen molar-refractivity contribution in [1.82, 2.24) is 0 Å². The Morgan fingerprint density at radius 2 is 1.61 bits per heavy atom. The molecule has 0 saturated heterocycles. The van der Waals surface area contributed by atoms with Gasteiger partial charge in [0.05, 0.1) is 10.6 Å². The molecule has 0 aliphatic carbocycles. The lowest BCUT2D eigenvalue weighted by molar-refractivity contribution is 0.0697. The predicted molar refractivity (Wildman–Crippen MR) is 112 cm³/mol. The smallest absolute Gasteiger partial charge is 0.337 e. The van der Waals surface area contributed by atoms with Crippen LogP contribution in [0.3, 0.4) is 0 Å². The lowest BCUT2D eigenvalue weighted by Gasteiger charge is -2.10. The van der Waals surface area contributed by atoms with Crippen LogP contribution in [0.15, 0.2) is 84.9 Å². The van der Waals surface area contributed by atoms with E-state index in [2.05, 4.69) is 12.1 Å². The van der Waals surface area contributed by atoms with Gasteiger partial charge in [-0.1, -0.05) is 66.2 Å². The number of hydrogen-bond acceptors (Lipinski definition) is 2. The Kier molecular flexibility index (Phi) is 5.00. The molecule has 4 heteroatoms. The fourth-order valence-electron chi connectivity index (χ4n) is 3.13. The third kappa shape index (κ3) is 3.85. The first kappa shape index (κ1) is 18.1. The molecule has 138 valence electrons. The van der Waals surface area contributed by atoms with Gasteiger partial charge >= 0.3 is 5.97 Å². The van der Waals surface area contributed by atoms with Gasteiger partial charge < -0.3 is 9.84 Å². The van der Waals surface area contributed by atoms with E-state index in [0.29, 0.717) is 6.61 Å². The minimum atomic E-state index is -1.04. The molecule has 3 nitrogen and oxygen atoms in total. The van der Waals surface area contributed by atoms with Gasteiger partial charge in [0, 0.05) is 0 Å². The van der Waals surface area contributed by atoms with E-state index in [1.165, 1.54) is 5.39 Å². The second kappa shape index (κ2) is 7.75. The van der Waals surface area contributed by atoms with Crippen LogP contribution in [0.4, 0.5) is 0 Å². The summed E-state index contributed by atoms with van der Waals surface area (Å²) in [6, 6.07) is 27.1. The SMILES string of the molecule is O=C(O)c1cc(-c2cccc(COc3ccc4ccccc4c3)c2)ccc1Cl. The molecule has 0 unspecified atom stereocenters. The van der Waals surface area contributed by atoms with Crippen LogP contribution >= 0.6 is 11.6 Å². The van der Waals surface area contributed by atoms with Crippen LogP contribution in [0.25, 0.3) is 21.9 Å². The van der Waals surface area contributed by atoms with Crippen molar-refractivity contribution < 1.29 is 14.6 Å². The molecule has 4 aromatic rings. The zero-order chi connectivity index (χ0) is 19.5. The molecular formula is C24H17ClO3. The summed E-state index contributed by atoms with van der Waals surface area (Å²) in [5.74, 6) is -0.230. The average Bonchev–Trinajstić information content (AvgIpc) is 2.72. The van der Waals surface area contributed by atoms with Gasteiger partial charge in [-0.25, -0.2) is 4.79 Å². The van der Waals surface area contributed by atoms with E-state index in [1.54, 1.807) is 12.1 Å². The van der Waals surface area contributed by atoms with E-state index in [-0.39, 0.29) is 10.6 Å². The molecule has 0 aromatic heterocycles. The van der Waals surface area contributed by atoms with Gasteiger partial charge in [-0.05, 0) is 57.8 Å². The summed E-state index contributed by atoms with van der Waals surface area (Å²) in [5.41, 5.74) is 2.81. The number of carboxylic acids is 1. The summed E-state index contributed by atoms with van der Waals surface area (Å²) in [4.78, 5) is 11.3. The highest BCUT2D eigenvalue weighted by Crippen LogP contribution is 2.27. The predicted octanol–water partition coefficient (Wildman–Crippen LogP) is 6.44. The molecule has 28 heavy (non-hydrogen) atoms. The van der Waals surface area contributed by atoms with Gasteiger partial charge in [-0.3, -0.25) is 0 Å². The van der Waals surface area contributed by atoms with Crippen LogP contribution < -0.4 is 4.74 Å². The molecule has 0 atom stereocenters. The maximum absolute atomic E-state index is 11.3. The Labute approximate surface area is 167 Å². The highest BCUT2D eigenvalue weighted by molar-refractivity contribution is 6.33. The van der Waals surface area contributed by atoms with E-state index in [0.717, 1.165) is 27.8 Å². The van der Waals surface area contributed by atoms with Crippen molar-refractivity contribution in [2.45, 2.75) is 6.61 Å². The Morgan fingerprint density at radius 1 is 0.821 bits per heavy atom. The second-order valence-electron chi connectivity index (χ2n) is 6.50. The molecule has 4 rings (SSSR count). The van der Waals surface area contributed by atoms with Crippen molar-refractivity contribution in [2.75, 3.05) is 0 Å². The van der Waals surface area contributed by atoms with Gasteiger partial charge in [0.15, 0.2) is 0 Å². The molecule has 0 amide bonds. The van der Waals surface area contributed by atoms with Crippen molar-refractivity contribution >= 4 is 28.3 Å². The molecule has 0 spiro atoms. The fraction of sp³-hybridized carbons (Fsp3) is 0.0417. The third-order valence-corrected chi connectivity index (χ3v) is 4.91. The molecular weight excluding hydrogens is 372 g/mol. The molecule has 4 aromatic carbocycles. The maximum atomic E-state index is 11.3. The summed E-state index contributed by atoms with van der Waals surface area (Å²) in [6.45, 7) is 0.422. The van der Waals surface area contributed by atoms with E-state index in [1.807, 2.05) is 60.7 Å². The molecule has 0 bridgehead atoms. The molecule has 0 aliphatic rings. The number of carboxylic acid groups (broad SMARTS) is 1. The number of aromatic carboxylic acids is 1. The third-order valence-electron chi connectivity index (χ3n) is 4.58. The first-order valence-corrected chi connectivity index (χ1v) is 9.22. The van der Waals surface area contributed by atoms with E-state index in [4.69, 9.17) is 16.3 Å². The Bertz CT molecular complexity index is 1170. The van der Waals surface area contributed by atoms with Gasteiger partial charge in [0.1, 0.15) is 12.4 Å². The summed E-state index contributed by atoms with van der Waals surface area (Å²) >= 11 is 5.97. The first-order chi connectivity index (χ1) is 13.6. The fourth-order valence-corrected chi connectivity index (χ4v) is 3.33. The van der Waals surface area contributed by atoms with Gasteiger partial charge in [-0.15, -0.1) is 0 Å². The van der Waals surface area contributed by atoms with Gasteiger partial charge in [0.25, 0.3) is 0 Å². The number of rotatable bonds is 5. The van der Waals surface area contributed by atoms with Crippen molar-refractivity contribution in [3.05, 3.63) is 101 Å². The van der Waals surface area contributed by atoms with Crippen molar-refractivity contribution in [3.8, 4) is 16.9 Å². The summed E-state index contributed by atoms with van der Waals surface area (Å²) in [6.07, 6.45) is 0. The van der Waals surface area contributed by atoms with Crippen molar-refractivity contribution in [2.24, 2.45) is 0 Å². The Hall–Kier alpha value is -3.30. The molecule has 1 N–H and O–H groups in total. The lowest BCUT2D eigenvalue weighted by atomic mass is 10.0. The van der Waals surface area contributed by atoms with Crippen molar-refractivity contribution in [3.63, 3.8) is 0 Å². The first-order valence-electron chi connectivity index (χ1n) is 8.84. The summed E-state index contributed by atoms with van der Waals surface area (Å²) in [5, 5.41) is 11.8. The minimum absolute atomic E-state index is 0.0944. The summed E-state index contributed by atoms with van der Waals surface area (Å²) < 4.78 is 5.96. The highest BCUT2D eigenvalue weighted by atomic mass is 35.5. The van der Waals surface area contributed by atoms with E-state index >= 15 is 0 Å². The van der Waals surface area contributed by atoms with Crippen LogP contribution in [-0.2, 0) is 6.61 Å². The van der Waals surface area contributed by atoms with Crippen LogP contribution in [0.2, 0.25) is 5.02 Å². The second-order valence-corrected chi connectivity index (χ2v) is 6.90. The normalized spacial score (nSPS) is 10.8. The lowest BCUT2D eigenvalue weighted by Crippen LogP contribution is -1.98. The number of benzene rings is 4. The minimum Gasteiger partial charge on any atom is -0.489 e. The van der Waals surface area contributed by atoms with Crippen molar-refractivity contribution in [1.29, 1.82) is 0 Å². The number of hydrogen-bond donors (Lipinski definition) is 1. The zero-order valence-corrected chi connectivity index (χ0v) is 15.7. The average molecular weight is 389 g/mol. The van der Waals surface area contributed by atoms with Gasteiger partial charge in [-0.2, -0.15) is 0 Å². The van der Waals surface area contributed by atoms with Crippen LogP contribution in [0, 0.1) is 0 Å². The Balaban J connectivity index is 1.55. The quantitative estimate of drug-likeness (QED) is 0.428. The van der Waals surface area contributed by atoms with Crippen LogP contribution in [-0.4, -0.2) is 11.1 Å². The maximum Gasteiger partial charge on any atom is 0.337 e. The molecule has 0 radical (unpaired) electrons. The number of fused-ring (bicyclic) bond motifs is 1. The van der Waals surface area contributed by atoms with Crippen LogP contribution in [0.5, 0.6) is 5.75 Å². The summed E-state index contributed by atoms with van der Waals surface area (Å²) in [7, 11) is 0.